The van der Waals surface area contributed by atoms with E-state index in [1.165, 1.54) is 32.2 Å². The van der Waals surface area contributed by atoms with Crippen LogP contribution in [0, 0.1) is 0 Å². The fourth-order valence-corrected chi connectivity index (χ4v) is 2.56. The van der Waals surface area contributed by atoms with Crippen LogP contribution in [0.15, 0.2) is 0 Å². The molecule has 2 nitrogen and oxygen atoms in total. The second-order valence-corrected chi connectivity index (χ2v) is 5.38. The molecule has 0 spiro atoms. The van der Waals surface area contributed by atoms with Crippen LogP contribution in [0.2, 0.25) is 0 Å². The highest BCUT2D eigenvalue weighted by molar-refractivity contribution is 9.09. The molecule has 1 heterocycles. The van der Waals surface area contributed by atoms with Gasteiger partial charge in [-0.2, -0.15) is 0 Å². The van der Waals surface area contributed by atoms with E-state index in [1.807, 2.05) is 0 Å². The molecule has 0 aromatic rings. The highest BCUT2D eigenvalue weighted by atomic mass is 79.9. The lowest BCUT2D eigenvalue weighted by Crippen LogP contribution is -2.33. The van der Waals surface area contributed by atoms with Crippen LogP contribution in [-0.4, -0.2) is 42.1 Å². The molecule has 1 rings (SSSR count). The SMILES string of the molecule is CC(C)OCCN1CCCC1CCCBr. The number of ether oxygens (including phenoxy) is 1. The van der Waals surface area contributed by atoms with Crippen molar-refractivity contribution in [1.82, 2.24) is 4.90 Å². The van der Waals surface area contributed by atoms with Gasteiger partial charge in [0.05, 0.1) is 12.7 Å². The minimum Gasteiger partial charge on any atom is -0.377 e. The molecule has 90 valence electrons. The third kappa shape index (κ3) is 5.32. The summed E-state index contributed by atoms with van der Waals surface area (Å²) in [5.74, 6) is 0. The number of hydrogen-bond acceptors (Lipinski definition) is 2. The van der Waals surface area contributed by atoms with Gasteiger partial charge >= 0.3 is 0 Å². The third-order valence-electron chi connectivity index (χ3n) is 3.00. The lowest BCUT2D eigenvalue weighted by molar-refractivity contribution is 0.0556. The zero-order valence-corrected chi connectivity index (χ0v) is 11.6. The second kappa shape index (κ2) is 7.64. The number of nitrogens with zero attached hydrogens (tertiary/aromatic N) is 1. The quantitative estimate of drug-likeness (QED) is 0.664. The first-order chi connectivity index (χ1) is 7.24. The first-order valence-corrected chi connectivity index (χ1v) is 7.27. The van der Waals surface area contributed by atoms with Gasteiger partial charge in [-0.05, 0) is 46.1 Å². The summed E-state index contributed by atoms with van der Waals surface area (Å²) < 4.78 is 5.61. The molecule has 0 aromatic carbocycles. The Labute approximate surface area is 102 Å². The number of alkyl halides is 1. The summed E-state index contributed by atoms with van der Waals surface area (Å²) in [6.45, 7) is 7.49. The molecule has 0 aliphatic carbocycles. The molecule has 0 N–H and O–H groups in total. The van der Waals surface area contributed by atoms with E-state index >= 15 is 0 Å². The summed E-state index contributed by atoms with van der Waals surface area (Å²) in [7, 11) is 0. The zero-order chi connectivity index (χ0) is 11.1. The number of halogens is 1. The van der Waals surface area contributed by atoms with Gasteiger partial charge < -0.3 is 4.74 Å². The normalized spacial score (nSPS) is 22.8. The van der Waals surface area contributed by atoms with Gasteiger partial charge in [0.2, 0.25) is 0 Å². The van der Waals surface area contributed by atoms with Crippen molar-refractivity contribution >= 4 is 15.9 Å². The largest absolute Gasteiger partial charge is 0.377 e. The van der Waals surface area contributed by atoms with E-state index in [4.69, 9.17) is 4.74 Å². The van der Waals surface area contributed by atoms with Crippen LogP contribution in [0.3, 0.4) is 0 Å². The second-order valence-electron chi connectivity index (χ2n) is 4.58. The Balaban J connectivity index is 2.15. The number of hydrogen-bond donors (Lipinski definition) is 0. The highest BCUT2D eigenvalue weighted by Gasteiger charge is 2.23. The van der Waals surface area contributed by atoms with Crippen molar-refractivity contribution in [3.05, 3.63) is 0 Å². The predicted octanol–water partition coefficient (Wildman–Crippen LogP) is 3.05. The van der Waals surface area contributed by atoms with Crippen LogP contribution in [0.5, 0.6) is 0 Å². The molecular weight excluding hydrogens is 254 g/mol. The topological polar surface area (TPSA) is 12.5 Å². The summed E-state index contributed by atoms with van der Waals surface area (Å²) in [6, 6.07) is 0.818. The fraction of sp³-hybridized carbons (Fsp3) is 1.00. The van der Waals surface area contributed by atoms with E-state index in [2.05, 4.69) is 34.7 Å². The third-order valence-corrected chi connectivity index (χ3v) is 3.56. The lowest BCUT2D eigenvalue weighted by atomic mass is 10.1. The minimum atomic E-state index is 0.369. The summed E-state index contributed by atoms with van der Waals surface area (Å²) in [4.78, 5) is 2.60. The predicted molar refractivity (Wildman–Crippen MR) is 68.7 cm³/mol. The van der Waals surface area contributed by atoms with Gasteiger partial charge in [0.15, 0.2) is 0 Å². The van der Waals surface area contributed by atoms with Crippen LogP contribution >= 0.6 is 15.9 Å². The van der Waals surface area contributed by atoms with Crippen molar-refractivity contribution in [3.63, 3.8) is 0 Å². The summed E-state index contributed by atoms with van der Waals surface area (Å²) >= 11 is 3.51. The smallest absolute Gasteiger partial charge is 0.0597 e. The lowest BCUT2D eigenvalue weighted by Gasteiger charge is -2.24. The standard InChI is InChI=1S/C12H24BrNO/c1-11(2)15-10-9-14-8-4-6-12(14)5-3-7-13/h11-12H,3-10H2,1-2H3. The van der Waals surface area contributed by atoms with Crippen molar-refractivity contribution in [2.75, 3.05) is 25.0 Å². The monoisotopic (exact) mass is 277 g/mol. The summed E-state index contributed by atoms with van der Waals surface area (Å²) in [6.07, 6.45) is 5.76. The molecule has 1 saturated heterocycles. The van der Waals surface area contributed by atoms with Crippen LogP contribution < -0.4 is 0 Å². The van der Waals surface area contributed by atoms with Crippen LogP contribution in [0.4, 0.5) is 0 Å². The van der Waals surface area contributed by atoms with Gasteiger partial charge in [-0.25, -0.2) is 0 Å². The van der Waals surface area contributed by atoms with E-state index in [9.17, 15) is 0 Å². The molecule has 0 radical (unpaired) electrons. The Bertz CT molecular complexity index is 164. The van der Waals surface area contributed by atoms with Gasteiger partial charge in [0.1, 0.15) is 0 Å². The Hall–Kier alpha value is 0.400. The number of rotatable bonds is 7. The molecule has 15 heavy (non-hydrogen) atoms. The molecule has 3 heteroatoms. The number of likely N-dealkylation sites (tertiary alicyclic amines) is 1. The molecule has 1 unspecified atom stereocenters. The molecule has 1 atom stereocenters. The van der Waals surface area contributed by atoms with Crippen LogP contribution in [0.1, 0.15) is 39.5 Å². The molecule has 0 aromatic heterocycles. The molecule has 1 fully saturated rings. The highest BCUT2D eigenvalue weighted by Crippen LogP contribution is 2.21. The minimum absolute atomic E-state index is 0.369. The Morgan fingerprint density at radius 3 is 2.93 bits per heavy atom. The molecule has 1 aliphatic heterocycles. The first kappa shape index (κ1) is 13.5. The van der Waals surface area contributed by atoms with E-state index in [1.54, 1.807) is 0 Å². The zero-order valence-electron chi connectivity index (χ0n) is 10.0. The Morgan fingerprint density at radius 2 is 2.27 bits per heavy atom. The molecule has 0 amide bonds. The van der Waals surface area contributed by atoms with Gasteiger partial charge in [-0.3, -0.25) is 4.90 Å². The van der Waals surface area contributed by atoms with Crippen molar-refractivity contribution in [3.8, 4) is 0 Å². The van der Waals surface area contributed by atoms with Crippen molar-refractivity contribution in [1.29, 1.82) is 0 Å². The van der Waals surface area contributed by atoms with E-state index in [0.717, 1.165) is 24.5 Å². The van der Waals surface area contributed by atoms with Gasteiger partial charge in [0.25, 0.3) is 0 Å². The first-order valence-electron chi connectivity index (χ1n) is 6.15. The van der Waals surface area contributed by atoms with Crippen LogP contribution in [-0.2, 0) is 4.74 Å². The molecular formula is C12H24BrNO. The van der Waals surface area contributed by atoms with Gasteiger partial charge in [-0.15, -0.1) is 0 Å². The molecule has 0 bridgehead atoms. The average Bonchev–Trinajstić information content (AvgIpc) is 2.62. The van der Waals surface area contributed by atoms with Crippen LogP contribution in [0.25, 0.3) is 0 Å². The van der Waals surface area contributed by atoms with E-state index < -0.39 is 0 Å². The Kier molecular flexibility index (Phi) is 6.86. The van der Waals surface area contributed by atoms with E-state index in [0.29, 0.717) is 6.10 Å². The summed E-state index contributed by atoms with van der Waals surface area (Å²) in [5, 5.41) is 1.14. The molecule has 0 saturated carbocycles. The van der Waals surface area contributed by atoms with Crippen molar-refractivity contribution < 1.29 is 4.74 Å². The van der Waals surface area contributed by atoms with Crippen molar-refractivity contribution in [2.24, 2.45) is 0 Å². The van der Waals surface area contributed by atoms with Gasteiger partial charge in [0, 0.05) is 17.9 Å². The maximum Gasteiger partial charge on any atom is 0.0597 e. The van der Waals surface area contributed by atoms with Crippen molar-refractivity contribution in [2.45, 2.75) is 51.7 Å². The average molecular weight is 278 g/mol. The summed E-state index contributed by atoms with van der Waals surface area (Å²) in [5.41, 5.74) is 0. The maximum atomic E-state index is 5.61. The van der Waals surface area contributed by atoms with Gasteiger partial charge in [-0.1, -0.05) is 15.9 Å². The maximum absolute atomic E-state index is 5.61. The van der Waals surface area contributed by atoms with E-state index in [-0.39, 0.29) is 0 Å². The fourth-order valence-electron chi connectivity index (χ4n) is 2.23. The molecule has 1 aliphatic rings. The Morgan fingerprint density at radius 1 is 1.47 bits per heavy atom.